The van der Waals surface area contributed by atoms with Crippen LogP contribution >= 0.6 is 11.3 Å². The Morgan fingerprint density at radius 3 is 3.07 bits per heavy atom. The Labute approximate surface area is 85.1 Å². The molecule has 0 aliphatic carbocycles. The second-order valence-corrected chi connectivity index (χ2v) is 3.97. The predicted molar refractivity (Wildman–Crippen MR) is 50.7 cm³/mol. The van der Waals surface area contributed by atoms with Crippen molar-refractivity contribution < 1.29 is 19.4 Å². The molecule has 2 rings (SSSR count). The Balaban J connectivity index is 1.94. The summed E-state index contributed by atoms with van der Waals surface area (Å²) in [6.45, 7) is 1.60. The van der Waals surface area contributed by atoms with Crippen molar-refractivity contribution in [2.24, 2.45) is 0 Å². The fraction of sp³-hybridized carbons (Fsp3) is 0.444. The molecule has 0 spiro atoms. The van der Waals surface area contributed by atoms with E-state index in [1.54, 1.807) is 11.4 Å². The van der Waals surface area contributed by atoms with Crippen molar-refractivity contribution in [3.63, 3.8) is 0 Å². The van der Waals surface area contributed by atoms with E-state index < -0.39 is 5.97 Å². The molecule has 0 unspecified atom stereocenters. The average Bonchev–Trinajstić information content (AvgIpc) is 2.49. The van der Waals surface area contributed by atoms with Gasteiger partial charge in [0.25, 0.3) is 0 Å². The Morgan fingerprint density at radius 2 is 2.50 bits per heavy atom. The molecule has 0 saturated carbocycles. The van der Waals surface area contributed by atoms with Crippen LogP contribution in [0.4, 0.5) is 0 Å². The lowest BCUT2D eigenvalue weighted by Crippen LogP contribution is -2.35. The highest BCUT2D eigenvalue weighted by Gasteiger charge is 2.20. The summed E-state index contributed by atoms with van der Waals surface area (Å²) in [6.07, 6.45) is 0.136. The first-order valence-electron chi connectivity index (χ1n) is 4.26. The van der Waals surface area contributed by atoms with E-state index >= 15 is 0 Å². The first-order chi connectivity index (χ1) is 6.77. The topological polar surface area (TPSA) is 55.8 Å². The molecule has 4 nitrogen and oxygen atoms in total. The van der Waals surface area contributed by atoms with Gasteiger partial charge in [-0.1, -0.05) is 0 Å². The van der Waals surface area contributed by atoms with Crippen molar-refractivity contribution in [1.82, 2.24) is 0 Å². The van der Waals surface area contributed by atoms with Gasteiger partial charge in [0.2, 0.25) is 0 Å². The lowest BCUT2D eigenvalue weighted by Gasteiger charge is -2.25. The highest BCUT2D eigenvalue weighted by molar-refractivity contribution is 7.12. The van der Waals surface area contributed by atoms with Gasteiger partial charge in [-0.3, -0.25) is 0 Å². The van der Waals surface area contributed by atoms with Crippen LogP contribution in [0.5, 0.6) is 0 Å². The lowest BCUT2D eigenvalue weighted by atomic mass is 10.2. The van der Waals surface area contributed by atoms with Crippen molar-refractivity contribution in [1.29, 1.82) is 0 Å². The van der Waals surface area contributed by atoms with E-state index in [0.717, 1.165) is 5.56 Å². The number of ether oxygens (including phenoxy) is 2. The number of aromatic carboxylic acids is 1. The van der Waals surface area contributed by atoms with Crippen LogP contribution in [0.15, 0.2) is 11.4 Å². The van der Waals surface area contributed by atoms with Crippen LogP contribution in [0.25, 0.3) is 0 Å². The van der Waals surface area contributed by atoms with Crippen LogP contribution in [-0.2, 0) is 16.1 Å². The van der Waals surface area contributed by atoms with Crippen LogP contribution in [0.1, 0.15) is 15.2 Å². The first kappa shape index (κ1) is 9.64. The van der Waals surface area contributed by atoms with E-state index in [1.165, 1.54) is 11.3 Å². The van der Waals surface area contributed by atoms with Crippen LogP contribution in [0.3, 0.4) is 0 Å². The molecule has 1 aromatic heterocycles. The maximum atomic E-state index is 10.7. The van der Waals surface area contributed by atoms with Gasteiger partial charge < -0.3 is 14.6 Å². The van der Waals surface area contributed by atoms with Crippen molar-refractivity contribution in [3.8, 4) is 0 Å². The first-order valence-corrected chi connectivity index (χ1v) is 5.14. The monoisotopic (exact) mass is 214 g/mol. The van der Waals surface area contributed by atoms with E-state index in [4.69, 9.17) is 14.6 Å². The van der Waals surface area contributed by atoms with Gasteiger partial charge in [0, 0.05) is 5.56 Å². The van der Waals surface area contributed by atoms with Crippen LogP contribution in [0, 0.1) is 0 Å². The predicted octanol–water partition coefficient (Wildman–Crippen LogP) is 1.36. The molecule has 1 aliphatic rings. The third kappa shape index (κ3) is 1.95. The zero-order valence-electron chi connectivity index (χ0n) is 7.43. The molecule has 0 aromatic carbocycles. The largest absolute Gasteiger partial charge is 0.477 e. The van der Waals surface area contributed by atoms with E-state index in [9.17, 15) is 4.79 Å². The smallest absolute Gasteiger partial charge is 0.346 e. The fourth-order valence-corrected chi connectivity index (χ4v) is 1.90. The Hall–Kier alpha value is -0.910. The number of thiophene rings is 1. The van der Waals surface area contributed by atoms with Crippen molar-refractivity contribution in [2.75, 3.05) is 13.2 Å². The summed E-state index contributed by atoms with van der Waals surface area (Å²) in [6, 6.07) is 1.79. The number of carboxylic acid groups (broad SMARTS) is 1. The highest BCUT2D eigenvalue weighted by Crippen LogP contribution is 2.19. The minimum Gasteiger partial charge on any atom is -0.477 e. The molecule has 2 heterocycles. The quantitative estimate of drug-likeness (QED) is 0.822. The highest BCUT2D eigenvalue weighted by atomic mass is 32.1. The van der Waals surface area contributed by atoms with Crippen LogP contribution < -0.4 is 0 Å². The second-order valence-electron chi connectivity index (χ2n) is 3.05. The zero-order valence-corrected chi connectivity index (χ0v) is 8.25. The molecule has 1 aliphatic heterocycles. The second kappa shape index (κ2) is 4.08. The normalized spacial score (nSPS) is 16.6. The van der Waals surface area contributed by atoms with Gasteiger partial charge in [0.1, 0.15) is 11.0 Å². The summed E-state index contributed by atoms with van der Waals surface area (Å²) in [4.78, 5) is 11.1. The van der Waals surface area contributed by atoms with Crippen molar-refractivity contribution in [2.45, 2.75) is 12.7 Å². The standard InChI is InChI=1S/C9H10O4S/c10-9(11)8-6(1-2-14-8)3-13-7-4-12-5-7/h1-2,7H,3-5H2,(H,10,11). The third-order valence-electron chi connectivity index (χ3n) is 2.02. The SMILES string of the molecule is O=C(O)c1sccc1COC1COC1. The van der Waals surface area contributed by atoms with Crippen molar-refractivity contribution in [3.05, 3.63) is 21.9 Å². The minimum absolute atomic E-state index is 0.136. The van der Waals surface area contributed by atoms with Gasteiger partial charge in [0.15, 0.2) is 0 Å². The molecular weight excluding hydrogens is 204 g/mol. The van der Waals surface area contributed by atoms with E-state index in [-0.39, 0.29) is 6.10 Å². The molecule has 0 bridgehead atoms. The van der Waals surface area contributed by atoms with Gasteiger partial charge in [-0.05, 0) is 11.4 Å². The number of hydrogen-bond acceptors (Lipinski definition) is 4. The maximum absolute atomic E-state index is 10.7. The minimum atomic E-state index is -0.886. The molecule has 1 aromatic rings. The molecule has 1 N–H and O–H groups in total. The Kier molecular flexibility index (Phi) is 2.81. The number of rotatable bonds is 4. The molecule has 0 radical (unpaired) electrons. The van der Waals surface area contributed by atoms with Crippen LogP contribution in [-0.4, -0.2) is 30.4 Å². The fourth-order valence-electron chi connectivity index (χ4n) is 1.15. The van der Waals surface area contributed by atoms with E-state index in [0.29, 0.717) is 24.7 Å². The maximum Gasteiger partial charge on any atom is 0.346 e. The summed E-state index contributed by atoms with van der Waals surface area (Å²) < 4.78 is 10.4. The summed E-state index contributed by atoms with van der Waals surface area (Å²) >= 11 is 1.22. The molecule has 76 valence electrons. The number of carbonyl (C=O) groups is 1. The number of hydrogen-bond donors (Lipinski definition) is 1. The summed E-state index contributed by atoms with van der Waals surface area (Å²) in [5.41, 5.74) is 0.745. The Bertz CT molecular complexity index is 329. The van der Waals surface area contributed by atoms with Gasteiger partial charge >= 0.3 is 5.97 Å². The van der Waals surface area contributed by atoms with Gasteiger partial charge in [0.05, 0.1) is 19.8 Å². The third-order valence-corrected chi connectivity index (χ3v) is 2.97. The van der Waals surface area contributed by atoms with Gasteiger partial charge in [-0.25, -0.2) is 4.79 Å². The zero-order chi connectivity index (χ0) is 9.97. The molecular formula is C9H10O4S. The molecule has 0 atom stereocenters. The molecule has 5 heteroatoms. The lowest BCUT2D eigenvalue weighted by molar-refractivity contribution is -0.135. The van der Waals surface area contributed by atoms with Gasteiger partial charge in [-0.15, -0.1) is 11.3 Å². The average molecular weight is 214 g/mol. The molecule has 0 amide bonds. The number of carboxylic acids is 1. The van der Waals surface area contributed by atoms with Crippen molar-refractivity contribution >= 4 is 17.3 Å². The van der Waals surface area contributed by atoms with Crippen LogP contribution in [0.2, 0.25) is 0 Å². The van der Waals surface area contributed by atoms with E-state index in [1.807, 2.05) is 0 Å². The van der Waals surface area contributed by atoms with E-state index in [2.05, 4.69) is 0 Å². The van der Waals surface area contributed by atoms with Gasteiger partial charge in [-0.2, -0.15) is 0 Å². The summed E-state index contributed by atoms with van der Waals surface area (Å²) in [7, 11) is 0. The molecule has 1 saturated heterocycles. The summed E-state index contributed by atoms with van der Waals surface area (Å²) in [5.74, 6) is -0.886. The summed E-state index contributed by atoms with van der Waals surface area (Å²) in [5, 5.41) is 10.6. The molecule has 1 fully saturated rings. The molecule has 14 heavy (non-hydrogen) atoms. The Morgan fingerprint density at radius 1 is 1.71 bits per heavy atom.